The van der Waals surface area contributed by atoms with E-state index in [2.05, 4.69) is 0 Å². The highest BCUT2D eigenvalue weighted by Gasteiger charge is 2.20. The molecule has 0 atom stereocenters. The van der Waals surface area contributed by atoms with Crippen molar-refractivity contribution in [2.24, 2.45) is 5.92 Å². The largest absolute Gasteiger partial charge is 0.493 e. The van der Waals surface area contributed by atoms with Gasteiger partial charge in [0.2, 0.25) is 5.75 Å². The zero-order chi connectivity index (χ0) is 13.0. The van der Waals surface area contributed by atoms with E-state index in [4.69, 9.17) is 14.2 Å². The summed E-state index contributed by atoms with van der Waals surface area (Å²) in [7, 11) is 3.11. The number of hydrogen-bond acceptors (Lipinski definition) is 4. The Bertz CT molecular complexity index is 399. The summed E-state index contributed by atoms with van der Waals surface area (Å²) in [6.45, 7) is 0.674. The van der Waals surface area contributed by atoms with Crippen LogP contribution in [0.2, 0.25) is 0 Å². The third-order valence-electron chi connectivity index (χ3n) is 3.31. The summed E-state index contributed by atoms with van der Waals surface area (Å²) in [5.74, 6) is 2.29. The van der Waals surface area contributed by atoms with Gasteiger partial charge in [0.15, 0.2) is 11.5 Å². The van der Waals surface area contributed by atoms with E-state index in [0.29, 0.717) is 35.3 Å². The molecule has 2 rings (SSSR count). The molecule has 1 saturated carbocycles. The fourth-order valence-electron chi connectivity index (χ4n) is 1.97. The Morgan fingerprint density at radius 2 is 1.83 bits per heavy atom. The normalized spacial score (nSPS) is 14.8. The van der Waals surface area contributed by atoms with Gasteiger partial charge in [0.1, 0.15) is 6.29 Å². The van der Waals surface area contributed by atoms with Crippen LogP contribution >= 0.6 is 0 Å². The highest BCUT2D eigenvalue weighted by atomic mass is 16.5. The van der Waals surface area contributed by atoms with Gasteiger partial charge in [-0.1, -0.05) is 6.42 Å². The number of aldehydes is 1. The Morgan fingerprint density at radius 3 is 2.22 bits per heavy atom. The van der Waals surface area contributed by atoms with Crippen molar-refractivity contribution in [2.45, 2.75) is 19.3 Å². The number of methoxy groups -OCH3 is 2. The van der Waals surface area contributed by atoms with Crippen molar-refractivity contribution in [3.05, 3.63) is 17.7 Å². The van der Waals surface area contributed by atoms with Gasteiger partial charge in [-0.05, 0) is 30.9 Å². The van der Waals surface area contributed by atoms with Crippen molar-refractivity contribution in [3.8, 4) is 17.2 Å². The molecule has 4 nitrogen and oxygen atoms in total. The monoisotopic (exact) mass is 250 g/mol. The Labute approximate surface area is 107 Å². The summed E-state index contributed by atoms with van der Waals surface area (Å²) in [4.78, 5) is 10.8. The number of ether oxygens (including phenoxy) is 3. The van der Waals surface area contributed by atoms with Gasteiger partial charge < -0.3 is 14.2 Å². The Hall–Kier alpha value is -1.71. The molecule has 1 aromatic rings. The first kappa shape index (κ1) is 12.7. The van der Waals surface area contributed by atoms with Gasteiger partial charge in [0, 0.05) is 5.56 Å². The standard InChI is InChI=1S/C14H18O4/c1-16-12-6-11(8-15)7-13(17-2)14(12)18-9-10-4-3-5-10/h6-8,10H,3-5,9H2,1-2H3. The molecule has 0 N–H and O–H groups in total. The first-order chi connectivity index (χ1) is 8.78. The topological polar surface area (TPSA) is 44.8 Å². The Balaban J connectivity index is 2.21. The van der Waals surface area contributed by atoms with Crippen LogP contribution in [0.3, 0.4) is 0 Å². The molecule has 0 heterocycles. The zero-order valence-corrected chi connectivity index (χ0v) is 10.8. The highest BCUT2D eigenvalue weighted by molar-refractivity contribution is 5.78. The average molecular weight is 250 g/mol. The van der Waals surface area contributed by atoms with E-state index in [1.165, 1.54) is 19.3 Å². The maximum absolute atomic E-state index is 10.8. The molecular weight excluding hydrogens is 232 g/mol. The molecule has 0 aromatic heterocycles. The quantitative estimate of drug-likeness (QED) is 0.728. The molecule has 1 fully saturated rings. The summed E-state index contributed by atoms with van der Waals surface area (Å²) in [6.07, 6.45) is 4.49. The molecule has 0 radical (unpaired) electrons. The van der Waals surface area contributed by atoms with Gasteiger partial charge in [-0.15, -0.1) is 0 Å². The second-order valence-electron chi connectivity index (χ2n) is 4.48. The molecule has 0 spiro atoms. The van der Waals surface area contributed by atoms with Crippen LogP contribution in [0.1, 0.15) is 29.6 Å². The predicted molar refractivity (Wildman–Crippen MR) is 67.8 cm³/mol. The lowest BCUT2D eigenvalue weighted by atomic mass is 9.86. The van der Waals surface area contributed by atoms with E-state index in [9.17, 15) is 4.79 Å². The summed E-state index contributed by atoms with van der Waals surface area (Å²) in [5.41, 5.74) is 0.514. The fraction of sp³-hybridized carbons (Fsp3) is 0.500. The van der Waals surface area contributed by atoms with E-state index in [-0.39, 0.29) is 0 Å². The molecule has 1 aliphatic carbocycles. The van der Waals surface area contributed by atoms with Gasteiger partial charge in [0.25, 0.3) is 0 Å². The molecule has 0 saturated heterocycles. The van der Waals surface area contributed by atoms with E-state index in [1.54, 1.807) is 26.4 Å². The van der Waals surface area contributed by atoms with E-state index in [1.807, 2.05) is 0 Å². The van der Waals surface area contributed by atoms with Crippen LogP contribution in [0.15, 0.2) is 12.1 Å². The third-order valence-corrected chi connectivity index (χ3v) is 3.31. The van der Waals surface area contributed by atoms with E-state index < -0.39 is 0 Å². The fourth-order valence-corrected chi connectivity index (χ4v) is 1.97. The number of carbonyl (C=O) groups excluding carboxylic acids is 1. The average Bonchev–Trinajstić information content (AvgIpc) is 2.36. The van der Waals surface area contributed by atoms with E-state index >= 15 is 0 Å². The van der Waals surface area contributed by atoms with Gasteiger partial charge in [-0.3, -0.25) is 4.79 Å². The van der Waals surface area contributed by atoms with Crippen LogP contribution in [-0.2, 0) is 0 Å². The second kappa shape index (κ2) is 5.76. The molecule has 1 aromatic carbocycles. The van der Waals surface area contributed by atoms with Crippen LogP contribution in [0, 0.1) is 5.92 Å². The van der Waals surface area contributed by atoms with Crippen LogP contribution in [0.4, 0.5) is 0 Å². The maximum atomic E-state index is 10.8. The molecular formula is C14H18O4. The lowest BCUT2D eigenvalue weighted by Gasteiger charge is -2.26. The van der Waals surface area contributed by atoms with Gasteiger partial charge >= 0.3 is 0 Å². The molecule has 4 heteroatoms. The van der Waals surface area contributed by atoms with Gasteiger partial charge in [0.05, 0.1) is 20.8 Å². The number of benzene rings is 1. The van der Waals surface area contributed by atoms with Crippen molar-refractivity contribution in [1.82, 2.24) is 0 Å². The van der Waals surface area contributed by atoms with Crippen molar-refractivity contribution >= 4 is 6.29 Å². The maximum Gasteiger partial charge on any atom is 0.203 e. The third kappa shape index (κ3) is 2.58. The zero-order valence-electron chi connectivity index (χ0n) is 10.8. The van der Waals surface area contributed by atoms with Crippen molar-refractivity contribution in [2.75, 3.05) is 20.8 Å². The molecule has 0 unspecified atom stereocenters. The summed E-state index contributed by atoms with van der Waals surface area (Å²) < 4.78 is 16.3. The molecule has 0 bridgehead atoms. The van der Waals surface area contributed by atoms with Crippen molar-refractivity contribution < 1.29 is 19.0 Å². The Kier molecular flexibility index (Phi) is 4.07. The minimum absolute atomic E-state index is 0.514. The first-order valence-electron chi connectivity index (χ1n) is 6.12. The number of hydrogen-bond donors (Lipinski definition) is 0. The minimum Gasteiger partial charge on any atom is -0.493 e. The van der Waals surface area contributed by atoms with Crippen LogP contribution < -0.4 is 14.2 Å². The number of carbonyl (C=O) groups is 1. The molecule has 18 heavy (non-hydrogen) atoms. The molecule has 0 aliphatic heterocycles. The van der Waals surface area contributed by atoms with Crippen LogP contribution in [-0.4, -0.2) is 27.1 Å². The second-order valence-corrected chi connectivity index (χ2v) is 4.48. The van der Waals surface area contributed by atoms with Crippen LogP contribution in [0.25, 0.3) is 0 Å². The highest BCUT2D eigenvalue weighted by Crippen LogP contribution is 2.39. The lowest BCUT2D eigenvalue weighted by Crippen LogP contribution is -2.19. The van der Waals surface area contributed by atoms with Crippen LogP contribution in [0.5, 0.6) is 17.2 Å². The predicted octanol–water partition coefficient (Wildman–Crippen LogP) is 2.70. The van der Waals surface area contributed by atoms with Gasteiger partial charge in [-0.25, -0.2) is 0 Å². The molecule has 1 aliphatic rings. The molecule has 0 amide bonds. The summed E-state index contributed by atoms with van der Waals surface area (Å²) in [5, 5.41) is 0. The smallest absolute Gasteiger partial charge is 0.203 e. The summed E-state index contributed by atoms with van der Waals surface area (Å²) >= 11 is 0. The lowest BCUT2D eigenvalue weighted by molar-refractivity contribution is 0.112. The number of rotatable bonds is 6. The SMILES string of the molecule is COc1cc(C=O)cc(OC)c1OCC1CCC1. The first-order valence-corrected chi connectivity index (χ1v) is 6.12. The Morgan fingerprint density at radius 1 is 1.22 bits per heavy atom. The van der Waals surface area contributed by atoms with Gasteiger partial charge in [-0.2, -0.15) is 0 Å². The summed E-state index contributed by atoms with van der Waals surface area (Å²) in [6, 6.07) is 3.32. The van der Waals surface area contributed by atoms with E-state index in [0.717, 1.165) is 6.29 Å². The van der Waals surface area contributed by atoms with Crippen molar-refractivity contribution in [3.63, 3.8) is 0 Å². The van der Waals surface area contributed by atoms with Crippen molar-refractivity contribution in [1.29, 1.82) is 0 Å². The minimum atomic E-state index is 0.514. The molecule has 98 valence electrons.